The zero-order chi connectivity index (χ0) is 4.99. The Morgan fingerprint density at radius 2 is 2.50 bits per heavy atom. The van der Waals surface area contributed by atoms with E-state index in [2.05, 4.69) is 16.7 Å². The first kappa shape index (κ1) is 6.08. The van der Waals surface area contributed by atoms with E-state index in [-0.39, 0.29) is 0 Å². The van der Waals surface area contributed by atoms with E-state index in [9.17, 15) is 4.57 Å². The average Bonchev–Trinajstić information content (AvgIpc) is 1.35. The summed E-state index contributed by atoms with van der Waals surface area (Å²) in [6, 6.07) is 0. The van der Waals surface area contributed by atoms with Crippen LogP contribution in [0.25, 0.3) is 0 Å². The Bertz CT molecular complexity index is 71.2. The summed E-state index contributed by atoms with van der Waals surface area (Å²) < 4.78 is 13.3. The molecular formula is CH3O3PS. The number of rotatable bonds is 2. The molecule has 1 atom stereocenters. The summed E-state index contributed by atoms with van der Waals surface area (Å²) in [7, 11) is -2.80. The van der Waals surface area contributed by atoms with Crippen LogP contribution in [0.2, 0.25) is 0 Å². The van der Waals surface area contributed by atoms with Crippen LogP contribution in [0.1, 0.15) is 0 Å². The predicted octanol–water partition coefficient (Wildman–Crippen LogP) is 0.342. The van der Waals surface area contributed by atoms with Crippen molar-refractivity contribution in [2.24, 2.45) is 0 Å². The van der Waals surface area contributed by atoms with E-state index < -0.39 is 8.25 Å². The van der Waals surface area contributed by atoms with Gasteiger partial charge in [-0.1, -0.05) is 0 Å². The number of thiocarbonyl (C=S) groups is 1. The predicted molar refractivity (Wildman–Crippen MR) is 26.0 cm³/mol. The van der Waals surface area contributed by atoms with Crippen LogP contribution in [-0.4, -0.2) is 10.4 Å². The quantitative estimate of drug-likeness (QED) is 0.428. The van der Waals surface area contributed by atoms with E-state index in [1.54, 1.807) is 0 Å². The Kier molecular flexibility index (Phi) is 3.32. The van der Waals surface area contributed by atoms with E-state index in [0.29, 0.717) is 0 Å². The van der Waals surface area contributed by atoms with Crippen LogP contribution in [0.4, 0.5) is 0 Å². The first-order valence-electron chi connectivity index (χ1n) is 1.10. The summed E-state index contributed by atoms with van der Waals surface area (Å²) in [5, 5.41) is 0. The Hall–Kier alpha value is 0.0800. The molecule has 0 fully saturated rings. The maximum atomic E-state index is 9.46. The molecule has 0 aliphatic rings. The summed E-state index contributed by atoms with van der Waals surface area (Å²) >= 11 is 4.05. The molecule has 0 aliphatic heterocycles. The van der Waals surface area contributed by atoms with Gasteiger partial charge >= 0.3 is 8.25 Å². The van der Waals surface area contributed by atoms with Gasteiger partial charge in [0.1, 0.15) is 0 Å². The third-order valence-corrected chi connectivity index (χ3v) is 0.735. The van der Waals surface area contributed by atoms with Crippen molar-refractivity contribution < 1.29 is 14.0 Å². The topological polar surface area (TPSA) is 46.5 Å². The lowest BCUT2D eigenvalue weighted by atomic mass is 11.7. The van der Waals surface area contributed by atoms with Gasteiger partial charge in [-0.25, -0.2) is 4.57 Å². The molecule has 5 heteroatoms. The van der Waals surface area contributed by atoms with Crippen LogP contribution in [0, 0.1) is 0 Å². The molecule has 0 rings (SSSR count). The zero-order valence-electron chi connectivity index (χ0n) is 2.75. The molecule has 0 bridgehead atoms. The van der Waals surface area contributed by atoms with Crippen molar-refractivity contribution in [3.8, 4) is 0 Å². The molecule has 0 aromatic heterocycles. The Balaban J connectivity index is 3.05. The maximum absolute atomic E-state index is 9.46. The van der Waals surface area contributed by atoms with Gasteiger partial charge in [0, 0.05) is 0 Å². The minimum atomic E-state index is -2.80. The van der Waals surface area contributed by atoms with Gasteiger partial charge in [-0.05, 0) is 12.2 Å². The molecule has 0 aromatic carbocycles. The van der Waals surface area contributed by atoms with Crippen molar-refractivity contribution >= 4 is 26.0 Å². The highest BCUT2D eigenvalue weighted by Gasteiger charge is 1.78. The van der Waals surface area contributed by atoms with Gasteiger partial charge in [0.2, 0.25) is 0 Å². The maximum Gasteiger partial charge on any atom is 0.365 e. The minimum absolute atomic E-state index is 0.765. The van der Waals surface area contributed by atoms with Crippen LogP contribution in [-0.2, 0) is 9.09 Å². The van der Waals surface area contributed by atoms with E-state index in [1.807, 2.05) is 0 Å². The molecule has 0 amide bonds. The summed E-state index contributed by atoms with van der Waals surface area (Å²) in [4.78, 5) is 7.78. The number of hydrogen-bond donors (Lipinski definition) is 1. The van der Waals surface area contributed by atoms with Crippen LogP contribution < -0.4 is 0 Å². The normalized spacial score (nSPS) is 12.8. The van der Waals surface area contributed by atoms with Gasteiger partial charge in [-0.3, -0.25) is 0 Å². The first-order chi connectivity index (χ1) is 2.77. The summed E-state index contributed by atoms with van der Waals surface area (Å²) in [5.74, 6) is 0. The Morgan fingerprint density at radius 3 is 2.50 bits per heavy atom. The van der Waals surface area contributed by atoms with E-state index in [0.717, 1.165) is 5.55 Å². The van der Waals surface area contributed by atoms with Crippen LogP contribution in [0.3, 0.4) is 0 Å². The second-order valence-electron chi connectivity index (χ2n) is 0.480. The molecule has 36 valence electrons. The van der Waals surface area contributed by atoms with Gasteiger partial charge in [-0.15, -0.1) is 0 Å². The summed E-state index contributed by atoms with van der Waals surface area (Å²) in [6.07, 6.45) is 0. The lowest BCUT2D eigenvalue weighted by Crippen LogP contribution is -1.64. The average molecular weight is 126 g/mol. The standard InChI is InChI=1S/CH3O3PS/c2-5(3)4-1-6/h1,5H,(H,2,3). The van der Waals surface area contributed by atoms with Gasteiger partial charge in [0.25, 0.3) is 0 Å². The van der Waals surface area contributed by atoms with Gasteiger partial charge in [-0.2, -0.15) is 0 Å². The van der Waals surface area contributed by atoms with E-state index in [4.69, 9.17) is 4.89 Å². The molecule has 3 nitrogen and oxygen atoms in total. The molecule has 1 unspecified atom stereocenters. The van der Waals surface area contributed by atoms with Crippen LogP contribution >= 0.6 is 20.5 Å². The van der Waals surface area contributed by atoms with Crippen molar-refractivity contribution in [2.75, 3.05) is 0 Å². The molecule has 0 aromatic rings. The highest BCUT2D eigenvalue weighted by Crippen LogP contribution is 2.10. The van der Waals surface area contributed by atoms with Crippen molar-refractivity contribution in [3.05, 3.63) is 0 Å². The monoisotopic (exact) mass is 126 g/mol. The Labute approximate surface area is 40.9 Å². The lowest BCUT2D eigenvalue weighted by Gasteiger charge is -1.83. The molecule has 0 aliphatic carbocycles. The summed E-state index contributed by atoms with van der Waals surface area (Å²) in [5.41, 5.74) is 0.765. The molecule has 0 saturated carbocycles. The largest absolute Gasteiger partial charge is 0.422 e. The van der Waals surface area contributed by atoms with Crippen molar-refractivity contribution in [3.63, 3.8) is 0 Å². The van der Waals surface area contributed by atoms with Crippen LogP contribution in [0.5, 0.6) is 0 Å². The molecule has 0 radical (unpaired) electrons. The second kappa shape index (κ2) is 3.28. The SMILES string of the molecule is O=[PH](O)OC=S. The fraction of sp³-hybridized carbons (Fsp3) is 0. The highest BCUT2D eigenvalue weighted by molar-refractivity contribution is 7.78. The van der Waals surface area contributed by atoms with E-state index >= 15 is 0 Å². The van der Waals surface area contributed by atoms with Gasteiger partial charge < -0.3 is 9.42 Å². The van der Waals surface area contributed by atoms with Gasteiger partial charge in [0.05, 0.1) is 0 Å². The molecule has 0 heterocycles. The molecular weight excluding hydrogens is 123 g/mol. The van der Waals surface area contributed by atoms with E-state index in [1.165, 1.54) is 0 Å². The van der Waals surface area contributed by atoms with Gasteiger partial charge in [0.15, 0.2) is 5.55 Å². The number of hydrogen-bond acceptors (Lipinski definition) is 3. The lowest BCUT2D eigenvalue weighted by molar-refractivity contribution is 0.416. The molecule has 0 saturated heterocycles. The van der Waals surface area contributed by atoms with Crippen molar-refractivity contribution in [1.82, 2.24) is 0 Å². The molecule has 1 N–H and O–H groups in total. The summed E-state index contributed by atoms with van der Waals surface area (Å²) in [6.45, 7) is 0. The first-order valence-corrected chi connectivity index (χ1v) is 2.84. The third kappa shape index (κ3) is 4.08. The minimum Gasteiger partial charge on any atom is -0.422 e. The zero-order valence-corrected chi connectivity index (χ0v) is 4.57. The Morgan fingerprint density at radius 1 is 2.00 bits per heavy atom. The van der Waals surface area contributed by atoms with Crippen LogP contribution in [0.15, 0.2) is 0 Å². The smallest absolute Gasteiger partial charge is 0.365 e. The second-order valence-corrected chi connectivity index (χ2v) is 1.44. The van der Waals surface area contributed by atoms with Crippen molar-refractivity contribution in [2.45, 2.75) is 0 Å². The molecule has 6 heavy (non-hydrogen) atoms. The third-order valence-electron chi connectivity index (χ3n) is 0.149. The fourth-order valence-electron chi connectivity index (χ4n) is 0.0412. The molecule has 0 spiro atoms. The van der Waals surface area contributed by atoms with Crippen molar-refractivity contribution in [1.29, 1.82) is 0 Å². The fourth-order valence-corrected chi connectivity index (χ4v) is 0.370. The highest BCUT2D eigenvalue weighted by atomic mass is 32.1.